The number of benzene rings is 7. The number of fused-ring (bicyclic) bond motifs is 6. The Hall–Kier alpha value is -6.88. The van der Waals surface area contributed by atoms with Crippen molar-refractivity contribution in [1.29, 1.82) is 0 Å². The first kappa shape index (κ1) is 32.5. The maximum atomic E-state index is 5.33. The molecule has 1 aliphatic carbocycles. The molecule has 0 atom stereocenters. The fraction of sp³-hybridized carbons (Fsp3) is 0.0385. The van der Waals surface area contributed by atoms with E-state index in [0.717, 1.165) is 46.4 Å². The first-order valence-corrected chi connectivity index (χ1v) is 20.0. The number of hydrogen-bond acceptors (Lipinski definition) is 3. The molecule has 0 aliphatic heterocycles. The van der Waals surface area contributed by atoms with Crippen molar-refractivity contribution in [2.75, 3.05) is 0 Å². The van der Waals surface area contributed by atoms with Gasteiger partial charge < -0.3 is 4.57 Å². The van der Waals surface area contributed by atoms with E-state index in [4.69, 9.17) is 9.97 Å². The Kier molecular flexibility index (Phi) is 7.82. The molecule has 264 valence electrons. The lowest BCUT2D eigenvalue weighted by Gasteiger charge is -2.14. The van der Waals surface area contributed by atoms with Crippen LogP contribution in [0.3, 0.4) is 0 Å². The lowest BCUT2D eigenvalue weighted by Crippen LogP contribution is -1.97. The van der Waals surface area contributed by atoms with E-state index in [1.807, 2.05) is 17.4 Å². The maximum absolute atomic E-state index is 5.33. The van der Waals surface area contributed by atoms with Gasteiger partial charge in [-0.1, -0.05) is 152 Å². The van der Waals surface area contributed by atoms with Crippen LogP contribution in [0, 0.1) is 0 Å². The van der Waals surface area contributed by atoms with E-state index in [0.29, 0.717) is 5.82 Å². The van der Waals surface area contributed by atoms with E-state index < -0.39 is 0 Å². The summed E-state index contributed by atoms with van der Waals surface area (Å²) in [5.41, 5.74) is 14.8. The minimum atomic E-state index is 0.709. The monoisotopic (exact) mass is 733 g/mol. The van der Waals surface area contributed by atoms with Gasteiger partial charge >= 0.3 is 0 Å². The molecule has 0 unspecified atom stereocenters. The summed E-state index contributed by atoms with van der Waals surface area (Å²) in [4.78, 5) is 11.9. The number of nitrogens with zero attached hydrogens (tertiary/aromatic N) is 3. The molecule has 0 amide bonds. The van der Waals surface area contributed by atoms with Gasteiger partial charge in [-0.05, 0) is 82.5 Å². The second kappa shape index (κ2) is 13.5. The fourth-order valence-electron chi connectivity index (χ4n) is 8.43. The van der Waals surface area contributed by atoms with Gasteiger partial charge in [0.15, 0.2) is 5.82 Å². The zero-order valence-electron chi connectivity index (χ0n) is 30.6. The molecule has 0 N–H and O–H groups in total. The molecule has 7 aromatic carbocycles. The van der Waals surface area contributed by atoms with Gasteiger partial charge in [-0.15, -0.1) is 11.3 Å². The Morgan fingerprint density at radius 3 is 1.88 bits per heavy atom. The number of hydrogen-bond donors (Lipinski definition) is 0. The minimum absolute atomic E-state index is 0.709. The van der Waals surface area contributed by atoms with Crippen LogP contribution in [0.1, 0.15) is 16.9 Å². The number of para-hydroxylation sites is 1. The molecule has 56 heavy (non-hydrogen) atoms. The van der Waals surface area contributed by atoms with Gasteiger partial charge in [-0.2, -0.15) is 0 Å². The largest absolute Gasteiger partial charge is 0.308 e. The van der Waals surface area contributed by atoms with Gasteiger partial charge in [0, 0.05) is 32.3 Å². The SMILES string of the molecule is C1=Cc2sc3c(-n4c5ccccc5c5c(-c6cc(-c7ccc(-c8ccccc8)cc7)nc(-c7ccccc7)n6)cccc54)cc(-c4ccccc4)cc3c2CC1. The molecule has 3 heterocycles. The molecule has 11 rings (SSSR count). The predicted molar refractivity (Wildman–Crippen MR) is 236 cm³/mol. The molecular formula is C52H35N3S. The smallest absolute Gasteiger partial charge is 0.160 e. The zero-order chi connectivity index (χ0) is 37.0. The van der Waals surface area contributed by atoms with Crippen molar-refractivity contribution in [3.05, 3.63) is 192 Å². The number of rotatable bonds is 6. The first-order chi connectivity index (χ1) is 27.8. The van der Waals surface area contributed by atoms with Crippen molar-refractivity contribution in [2.24, 2.45) is 0 Å². The molecule has 4 heteroatoms. The average Bonchev–Trinajstić information content (AvgIpc) is 3.83. The normalized spacial score (nSPS) is 12.4. The average molecular weight is 734 g/mol. The van der Waals surface area contributed by atoms with Crippen molar-refractivity contribution >= 4 is 49.3 Å². The Morgan fingerprint density at radius 2 is 1.11 bits per heavy atom. The Bertz CT molecular complexity index is 3100. The molecule has 1 aliphatic rings. The number of thiophene rings is 1. The van der Waals surface area contributed by atoms with Gasteiger partial charge in [-0.3, -0.25) is 0 Å². The number of allylic oxidation sites excluding steroid dienone is 1. The van der Waals surface area contributed by atoms with Crippen molar-refractivity contribution in [3.8, 4) is 61.8 Å². The third-order valence-corrected chi connectivity index (χ3v) is 12.3. The minimum Gasteiger partial charge on any atom is -0.308 e. The summed E-state index contributed by atoms with van der Waals surface area (Å²) >= 11 is 1.92. The summed E-state index contributed by atoms with van der Waals surface area (Å²) in [5.74, 6) is 0.709. The Morgan fingerprint density at radius 1 is 0.482 bits per heavy atom. The summed E-state index contributed by atoms with van der Waals surface area (Å²) in [6.07, 6.45) is 6.78. The molecule has 3 nitrogen and oxygen atoms in total. The van der Waals surface area contributed by atoms with Gasteiger partial charge in [0.2, 0.25) is 0 Å². The molecular weight excluding hydrogens is 699 g/mol. The summed E-state index contributed by atoms with van der Waals surface area (Å²) in [6.45, 7) is 0. The van der Waals surface area contributed by atoms with E-state index in [-0.39, 0.29) is 0 Å². The highest BCUT2D eigenvalue weighted by Gasteiger charge is 2.23. The summed E-state index contributed by atoms with van der Waals surface area (Å²) in [7, 11) is 0. The first-order valence-electron chi connectivity index (χ1n) is 19.2. The molecule has 0 saturated carbocycles. The quantitative estimate of drug-likeness (QED) is 0.170. The number of aromatic nitrogens is 3. The predicted octanol–water partition coefficient (Wildman–Crippen LogP) is 14.1. The van der Waals surface area contributed by atoms with Gasteiger partial charge in [0.25, 0.3) is 0 Å². The third kappa shape index (κ3) is 5.49. The number of aryl methyl sites for hydroxylation is 1. The standard InChI is InChI=1S/C52H35N3S/c1-4-15-34(16-5-1)36-27-29-37(30-28-36)44-33-45(54-52(53-44)38-19-8-3-9-20-38)41-23-14-25-47-50(41)42-22-10-12-24-46(42)55(47)48-32-39(35-17-6-2-7-18-35)31-43-40-21-11-13-26-49(40)56-51(43)48/h1-10,12-20,22-33H,11,21H2. The van der Waals surface area contributed by atoms with Crippen molar-refractivity contribution < 1.29 is 0 Å². The van der Waals surface area contributed by atoms with E-state index in [2.05, 4.69) is 187 Å². The second-order valence-corrected chi connectivity index (χ2v) is 15.5. The Labute approximate surface area is 329 Å². The van der Waals surface area contributed by atoms with Crippen molar-refractivity contribution in [3.63, 3.8) is 0 Å². The fourth-order valence-corrected chi connectivity index (χ4v) is 9.70. The van der Waals surface area contributed by atoms with E-state index >= 15 is 0 Å². The van der Waals surface area contributed by atoms with Gasteiger partial charge in [0.05, 0.1) is 32.8 Å². The van der Waals surface area contributed by atoms with E-state index in [9.17, 15) is 0 Å². The van der Waals surface area contributed by atoms with Crippen molar-refractivity contribution in [1.82, 2.24) is 14.5 Å². The summed E-state index contributed by atoms with van der Waals surface area (Å²) in [6, 6.07) is 62.9. The summed E-state index contributed by atoms with van der Waals surface area (Å²) < 4.78 is 3.82. The van der Waals surface area contributed by atoms with Crippen LogP contribution < -0.4 is 0 Å². The molecule has 3 aromatic heterocycles. The molecule has 0 saturated heterocycles. The van der Waals surface area contributed by atoms with E-state index in [1.54, 1.807) is 0 Å². The van der Waals surface area contributed by atoms with Crippen LogP contribution in [-0.2, 0) is 6.42 Å². The van der Waals surface area contributed by atoms with Crippen LogP contribution in [0.25, 0.3) is 99.8 Å². The molecule has 0 radical (unpaired) electrons. The van der Waals surface area contributed by atoms with Crippen LogP contribution in [0.5, 0.6) is 0 Å². The zero-order valence-corrected chi connectivity index (χ0v) is 31.4. The highest BCUT2D eigenvalue weighted by molar-refractivity contribution is 7.20. The maximum Gasteiger partial charge on any atom is 0.160 e. The van der Waals surface area contributed by atoms with Crippen LogP contribution in [0.2, 0.25) is 0 Å². The van der Waals surface area contributed by atoms with Gasteiger partial charge in [0.1, 0.15) is 0 Å². The second-order valence-electron chi connectivity index (χ2n) is 14.4. The lowest BCUT2D eigenvalue weighted by atomic mass is 9.97. The molecule has 0 spiro atoms. The third-order valence-electron chi connectivity index (χ3n) is 11.1. The molecule has 0 fully saturated rings. The Balaban J connectivity index is 1.16. The van der Waals surface area contributed by atoms with Gasteiger partial charge in [-0.25, -0.2) is 9.97 Å². The highest BCUT2D eigenvalue weighted by atomic mass is 32.1. The van der Waals surface area contributed by atoms with Crippen LogP contribution >= 0.6 is 11.3 Å². The van der Waals surface area contributed by atoms with Crippen LogP contribution in [0.15, 0.2) is 182 Å². The highest BCUT2D eigenvalue weighted by Crippen LogP contribution is 2.45. The van der Waals surface area contributed by atoms with Crippen molar-refractivity contribution in [2.45, 2.75) is 12.8 Å². The molecule has 10 aromatic rings. The van der Waals surface area contributed by atoms with Crippen LogP contribution in [-0.4, -0.2) is 14.5 Å². The lowest BCUT2D eigenvalue weighted by molar-refractivity contribution is 1.01. The summed E-state index contributed by atoms with van der Waals surface area (Å²) in [5, 5.41) is 3.75. The molecule has 0 bridgehead atoms. The van der Waals surface area contributed by atoms with E-state index in [1.165, 1.54) is 64.8 Å². The van der Waals surface area contributed by atoms with Crippen LogP contribution in [0.4, 0.5) is 0 Å². The topological polar surface area (TPSA) is 30.7 Å².